The van der Waals surface area contributed by atoms with Crippen LogP contribution in [0.1, 0.15) is 50.0 Å². The van der Waals surface area contributed by atoms with Gasteiger partial charge in [-0.05, 0) is 61.6 Å². The molecule has 1 saturated carbocycles. The molecule has 27 heavy (non-hydrogen) atoms. The Morgan fingerprint density at radius 3 is 2.44 bits per heavy atom. The molecule has 1 aromatic carbocycles. The van der Waals surface area contributed by atoms with E-state index in [1.165, 1.54) is 6.42 Å². The fourth-order valence-electron chi connectivity index (χ4n) is 3.84. The summed E-state index contributed by atoms with van der Waals surface area (Å²) in [6, 6.07) is 5.87. The van der Waals surface area contributed by atoms with Crippen molar-refractivity contribution in [3.05, 3.63) is 23.8 Å². The Bertz CT molecular complexity index is 666. The number of nitrogens with one attached hydrogen (secondary N) is 1. The molecule has 2 aliphatic rings. The third-order valence-electron chi connectivity index (χ3n) is 5.58. The van der Waals surface area contributed by atoms with E-state index in [0.717, 1.165) is 44.3 Å². The maximum Gasteiger partial charge on any atom is 0.241 e. The van der Waals surface area contributed by atoms with Crippen LogP contribution < -0.4 is 14.8 Å². The lowest BCUT2D eigenvalue weighted by Gasteiger charge is -2.27. The van der Waals surface area contributed by atoms with Gasteiger partial charge in [-0.2, -0.15) is 0 Å². The van der Waals surface area contributed by atoms with Crippen molar-refractivity contribution in [3.63, 3.8) is 0 Å². The smallest absolute Gasteiger partial charge is 0.241 e. The molecule has 1 heterocycles. The van der Waals surface area contributed by atoms with Gasteiger partial charge in [0.2, 0.25) is 11.8 Å². The van der Waals surface area contributed by atoms with Crippen LogP contribution in [0.3, 0.4) is 0 Å². The zero-order valence-corrected chi connectivity index (χ0v) is 16.3. The van der Waals surface area contributed by atoms with Gasteiger partial charge in [0.15, 0.2) is 11.5 Å². The second-order valence-electron chi connectivity index (χ2n) is 7.48. The molecule has 1 unspecified atom stereocenters. The molecule has 3 rings (SSSR count). The molecule has 148 valence electrons. The van der Waals surface area contributed by atoms with Gasteiger partial charge < -0.3 is 19.7 Å². The van der Waals surface area contributed by atoms with Crippen molar-refractivity contribution in [2.75, 3.05) is 33.9 Å². The summed E-state index contributed by atoms with van der Waals surface area (Å²) in [5.74, 6) is 2.00. The van der Waals surface area contributed by atoms with Gasteiger partial charge in [-0.1, -0.05) is 6.07 Å². The van der Waals surface area contributed by atoms with E-state index in [1.807, 2.05) is 23.1 Å². The molecular weight excluding hydrogens is 344 g/mol. The molecule has 1 aliphatic carbocycles. The predicted octanol–water partition coefficient (Wildman–Crippen LogP) is 2.72. The standard InChI is InChI=1S/C21H30N2O4/c1-26-18-9-8-16(12-19(18)27-2)17(15-6-7-15)13-20(24)22-14-21(25)23-10-4-3-5-11-23/h8-9,12,15,17H,3-7,10-11,13-14H2,1-2H3,(H,22,24). The topological polar surface area (TPSA) is 67.9 Å². The van der Waals surface area contributed by atoms with E-state index in [4.69, 9.17) is 9.47 Å². The van der Waals surface area contributed by atoms with Crippen LogP contribution in [-0.4, -0.2) is 50.6 Å². The van der Waals surface area contributed by atoms with Gasteiger partial charge in [-0.15, -0.1) is 0 Å². The highest BCUT2D eigenvalue weighted by Gasteiger charge is 2.34. The Morgan fingerprint density at radius 2 is 1.81 bits per heavy atom. The third kappa shape index (κ3) is 5.15. The maximum absolute atomic E-state index is 12.5. The number of benzene rings is 1. The van der Waals surface area contributed by atoms with E-state index in [9.17, 15) is 9.59 Å². The zero-order valence-electron chi connectivity index (χ0n) is 16.3. The number of hydrogen-bond acceptors (Lipinski definition) is 4. The van der Waals surface area contributed by atoms with Crippen LogP contribution in [-0.2, 0) is 9.59 Å². The van der Waals surface area contributed by atoms with Crippen LogP contribution in [0.2, 0.25) is 0 Å². The summed E-state index contributed by atoms with van der Waals surface area (Å²) in [7, 11) is 3.23. The normalized spacial score (nSPS) is 17.9. The van der Waals surface area contributed by atoms with Crippen molar-refractivity contribution < 1.29 is 19.1 Å². The summed E-state index contributed by atoms with van der Waals surface area (Å²) in [4.78, 5) is 26.6. The molecular formula is C21H30N2O4. The molecule has 2 amide bonds. The first-order valence-electron chi connectivity index (χ1n) is 9.88. The molecule has 1 N–H and O–H groups in total. The van der Waals surface area contributed by atoms with Crippen LogP contribution in [0.25, 0.3) is 0 Å². The highest BCUT2D eigenvalue weighted by molar-refractivity contribution is 5.85. The van der Waals surface area contributed by atoms with Crippen LogP contribution in [0.4, 0.5) is 0 Å². The Labute approximate surface area is 161 Å². The molecule has 0 aromatic heterocycles. The van der Waals surface area contributed by atoms with E-state index in [-0.39, 0.29) is 24.3 Å². The number of likely N-dealkylation sites (tertiary alicyclic amines) is 1. The number of rotatable bonds is 8. The van der Waals surface area contributed by atoms with Gasteiger partial charge in [0.25, 0.3) is 0 Å². The van der Waals surface area contributed by atoms with Gasteiger partial charge in [-0.25, -0.2) is 0 Å². The minimum absolute atomic E-state index is 0.0251. The van der Waals surface area contributed by atoms with Gasteiger partial charge in [-0.3, -0.25) is 9.59 Å². The zero-order chi connectivity index (χ0) is 19.2. The van der Waals surface area contributed by atoms with Gasteiger partial charge in [0.05, 0.1) is 20.8 Å². The number of hydrogen-bond donors (Lipinski definition) is 1. The van der Waals surface area contributed by atoms with E-state index in [2.05, 4.69) is 5.32 Å². The molecule has 0 bridgehead atoms. The van der Waals surface area contributed by atoms with E-state index in [0.29, 0.717) is 23.8 Å². The minimum atomic E-state index is -0.0629. The summed E-state index contributed by atoms with van der Waals surface area (Å²) in [6.07, 6.45) is 5.97. The molecule has 1 aromatic rings. The fraction of sp³-hybridized carbons (Fsp3) is 0.619. The molecule has 1 atom stereocenters. The SMILES string of the molecule is COc1ccc(C(CC(=O)NCC(=O)N2CCCCC2)C2CC2)cc1OC. The largest absolute Gasteiger partial charge is 0.493 e. The summed E-state index contributed by atoms with van der Waals surface area (Å²) in [5.41, 5.74) is 1.09. The Kier molecular flexibility index (Phi) is 6.58. The first-order chi connectivity index (χ1) is 13.1. The minimum Gasteiger partial charge on any atom is -0.493 e. The maximum atomic E-state index is 12.5. The second-order valence-corrected chi connectivity index (χ2v) is 7.48. The Hall–Kier alpha value is -2.24. The number of carbonyl (C=O) groups excluding carboxylic acids is 2. The molecule has 2 fully saturated rings. The lowest BCUT2D eigenvalue weighted by Crippen LogP contribution is -2.42. The lowest BCUT2D eigenvalue weighted by atomic mass is 9.90. The number of piperidine rings is 1. The average Bonchev–Trinajstić information content (AvgIpc) is 3.55. The molecule has 1 aliphatic heterocycles. The number of carbonyl (C=O) groups is 2. The average molecular weight is 374 g/mol. The Balaban J connectivity index is 1.58. The quantitative estimate of drug-likeness (QED) is 0.760. The van der Waals surface area contributed by atoms with Crippen molar-refractivity contribution in [1.82, 2.24) is 10.2 Å². The first kappa shape index (κ1) is 19.5. The molecule has 6 heteroatoms. The van der Waals surface area contributed by atoms with Crippen LogP contribution in [0.5, 0.6) is 11.5 Å². The molecule has 0 radical (unpaired) electrons. The molecule has 0 spiro atoms. The predicted molar refractivity (Wildman–Crippen MR) is 103 cm³/mol. The van der Waals surface area contributed by atoms with E-state index < -0.39 is 0 Å². The van der Waals surface area contributed by atoms with Crippen molar-refractivity contribution in [3.8, 4) is 11.5 Å². The number of methoxy groups -OCH3 is 2. The van der Waals surface area contributed by atoms with Gasteiger partial charge in [0, 0.05) is 19.5 Å². The van der Waals surface area contributed by atoms with Crippen LogP contribution in [0.15, 0.2) is 18.2 Å². The monoisotopic (exact) mass is 374 g/mol. The number of amides is 2. The highest BCUT2D eigenvalue weighted by Crippen LogP contribution is 2.46. The van der Waals surface area contributed by atoms with Gasteiger partial charge >= 0.3 is 0 Å². The van der Waals surface area contributed by atoms with E-state index in [1.54, 1.807) is 14.2 Å². The summed E-state index contributed by atoms with van der Waals surface area (Å²) in [5, 5.41) is 2.83. The van der Waals surface area contributed by atoms with Crippen LogP contribution in [0, 0.1) is 5.92 Å². The summed E-state index contributed by atoms with van der Waals surface area (Å²) >= 11 is 0. The van der Waals surface area contributed by atoms with Crippen LogP contribution >= 0.6 is 0 Å². The first-order valence-corrected chi connectivity index (χ1v) is 9.88. The third-order valence-corrected chi connectivity index (χ3v) is 5.58. The number of ether oxygens (including phenoxy) is 2. The van der Waals surface area contributed by atoms with Gasteiger partial charge in [0.1, 0.15) is 0 Å². The summed E-state index contributed by atoms with van der Waals surface area (Å²) in [6.45, 7) is 1.72. The molecule has 6 nitrogen and oxygen atoms in total. The van der Waals surface area contributed by atoms with E-state index >= 15 is 0 Å². The highest BCUT2D eigenvalue weighted by atomic mass is 16.5. The van der Waals surface area contributed by atoms with Crippen molar-refractivity contribution in [2.45, 2.75) is 44.4 Å². The number of nitrogens with zero attached hydrogens (tertiary/aromatic N) is 1. The van der Waals surface area contributed by atoms with Crippen molar-refractivity contribution in [1.29, 1.82) is 0 Å². The Morgan fingerprint density at radius 1 is 1.11 bits per heavy atom. The summed E-state index contributed by atoms with van der Waals surface area (Å²) < 4.78 is 10.7. The fourth-order valence-corrected chi connectivity index (χ4v) is 3.84. The lowest BCUT2D eigenvalue weighted by molar-refractivity contribution is -0.133. The molecule has 1 saturated heterocycles. The van der Waals surface area contributed by atoms with Crippen molar-refractivity contribution >= 4 is 11.8 Å². The van der Waals surface area contributed by atoms with Crippen molar-refractivity contribution in [2.24, 2.45) is 5.92 Å². The second kappa shape index (κ2) is 9.11.